The topological polar surface area (TPSA) is 104 Å². The monoisotopic (exact) mass is 439 g/mol. The van der Waals surface area contributed by atoms with Crippen LogP contribution < -0.4 is 16.6 Å². The minimum atomic E-state index is -0.664. The van der Waals surface area contributed by atoms with E-state index in [2.05, 4.69) is 10.4 Å². The van der Waals surface area contributed by atoms with Gasteiger partial charge in [-0.3, -0.25) is 23.4 Å². The minimum Gasteiger partial charge on any atom is -0.467 e. The fourth-order valence-electron chi connectivity index (χ4n) is 3.65. The molecule has 4 rings (SSSR count). The Balaban J connectivity index is 1.81. The first kappa shape index (κ1) is 21.3. The van der Waals surface area contributed by atoms with Gasteiger partial charge in [0.05, 0.1) is 18.5 Å². The molecule has 1 aromatic carbocycles. The Labute approximate surface area is 181 Å². The largest absolute Gasteiger partial charge is 0.467 e. The molecule has 166 valence electrons. The molecule has 0 aliphatic rings. The molecule has 4 aromatic rings. The quantitative estimate of drug-likeness (QED) is 0.497. The van der Waals surface area contributed by atoms with Crippen LogP contribution in [0.4, 0.5) is 10.1 Å². The number of amides is 1. The number of hydrogen-bond acceptors (Lipinski definition) is 5. The lowest BCUT2D eigenvalue weighted by atomic mass is 10.2. The first-order valence-electron chi connectivity index (χ1n) is 10.1. The molecular formula is C22H22FN5O4. The normalized spacial score (nSPS) is 11.2. The highest BCUT2D eigenvalue weighted by Gasteiger charge is 2.22. The van der Waals surface area contributed by atoms with Gasteiger partial charge >= 0.3 is 5.69 Å². The van der Waals surface area contributed by atoms with Crippen LogP contribution in [0.25, 0.3) is 11.0 Å². The van der Waals surface area contributed by atoms with Crippen molar-refractivity contribution in [2.45, 2.75) is 40.4 Å². The summed E-state index contributed by atoms with van der Waals surface area (Å²) in [4.78, 5) is 39.2. The Morgan fingerprint density at radius 1 is 1.16 bits per heavy atom. The maximum absolute atomic E-state index is 13.8. The lowest BCUT2D eigenvalue weighted by Gasteiger charge is -2.13. The molecule has 1 amide bonds. The second kappa shape index (κ2) is 8.29. The number of benzene rings is 1. The Bertz CT molecular complexity index is 1430. The van der Waals surface area contributed by atoms with Gasteiger partial charge in [0.2, 0.25) is 5.91 Å². The number of nitrogens with zero attached hydrogens (tertiary/aromatic N) is 4. The Kier molecular flexibility index (Phi) is 5.52. The molecule has 0 saturated carbocycles. The molecule has 0 aliphatic carbocycles. The van der Waals surface area contributed by atoms with E-state index >= 15 is 0 Å². The molecule has 0 unspecified atom stereocenters. The van der Waals surface area contributed by atoms with Crippen LogP contribution in [-0.2, 0) is 24.4 Å². The number of rotatable bonds is 6. The van der Waals surface area contributed by atoms with Crippen molar-refractivity contribution in [2.75, 3.05) is 5.32 Å². The van der Waals surface area contributed by atoms with E-state index in [-0.39, 0.29) is 24.3 Å². The summed E-state index contributed by atoms with van der Waals surface area (Å²) in [6, 6.07) is 7.65. The molecule has 1 N–H and O–H groups in total. The fourth-order valence-corrected chi connectivity index (χ4v) is 3.65. The van der Waals surface area contributed by atoms with E-state index in [9.17, 15) is 18.8 Å². The van der Waals surface area contributed by atoms with Gasteiger partial charge in [-0.2, -0.15) is 5.10 Å². The second-order valence-electron chi connectivity index (χ2n) is 7.45. The van der Waals surface area contributed by atoms with Gasteiger partial charge in [0.15, 0.2) is 5.52 Å². The Morgan fingerprint density at radius 3 is 2.59 bits per heavy atom. The van der Waals surface area contributed by atoms with Crippen molar-refractivity contribution in [3.05, 3.63) is 80.3 Å². The van der Waals surface area contributed by atoms with E-state index in [1.807, 2.05) is 6.92 Å². The number of nitrogens with one attached hydrogen (secondary N) is 1. The van der Waals surface area contributed by atoms with E-state index in [0.29, 0.717) is 29.1 Å². The van der Waals surface area contributed by atoms with Crippen LogP contribution in [0.15, 0.2) is 50.6 Å². The van der Waals surface area contributed by atoms with Crippen molar-refractivity contribution < 1.29 is 13.6 Å². The van der Waals surface area contributed by atoms with Crippen LogP contribution in [0, 0.1) is 19.7 Å². The SMILES string of the molecule is CCn1nc(C)c2c1c(=O)n(Cc1ccco1)c(=O)n2CC(=O)Nc1ccc(C)c(F)c1. The van der Waals surface area contributed by atoms with Crippen LogP contribution in [0.5, 0.6) is 0 Å². The number of hydrogen-bond donors (Lipinski definition) is 1. The summed E-state index contributed by atoms with van der Waals surface area (Å²) in [5, 5.41) is 6.96. The molecule has 0 atom stereocenters. The van der Waals surface area contributed by atoms with Crippen molar-refractivity contribution in [3.63, 3.8) is 0 Å². The van der Waals surface area contributed by atoms with Crippen LogP contribution in [0.1, 0.15) is 23.9 Å². The second-order valence-corrected chi connectivity index (χ2v) is 7.45. The number of halogens is 1. The zero-order chi connectivity index (χ0) is 23.0. The van der Waals surface area contributed by atoms with Crippen molar-refractivity contribution in [3.8, 4) is 0 Å². The van der Waals surface area contributed by atoms with Crippen molar-refractivity contribution in [1.29, 1.82) is 0 Å². The molecule has 0 bridgehead atoms. The summed E-state index contributed by atoms with van der Waals surface area (Å²) in [5.41, 5.74) is 0.522. The number of furan rings is 1. The van der Waals surface area contributed by atoms with Gasteiger partial charge < -0.3 is 9.73 Å². The van der Waals surface area contributed by atoms with E-state index in [4.69, 9.17) is 4.42 Å². The zero-order valence-corrected chi connectivity index (χ0v) is 17.9. The molecule has 0 saturated heterocycles. The molecule has 0 radical (unpaired) electrons. The van der Waals surface area contributed by atoms with Gasteiger partial charge in [-0.15, -0.1) is 0 Å². The molecule has 3 heterocycles. The predicted molar refractivity (Wildman–Crippen MR) is 116 cm³/mol. The molecule has 10 heteroatoms. The van der Waals surface area contributed by atoms with Gasteiger partial charge in [0.1, 0.15) is 23.6 Å². The highest BCUT2D eigenvalue weighted by Crippen LogP contribution is 2.16. The summed E-state index contributed by atoms with van der Waals surface area (Å²) in [6.07, 6.45) is 1.45. The number of carbonyl (C=O) groups is 1. The maximum Gasteiger partial charge on any atom is 0.332 e. The molecule has 9 nitrogen and oxygen atoms in total. The average Bonchev–Trinajstić information content (AvgIpc) is 3.38. The van der Waals surface area contributed by atoms with Crippen LogP contribution in [0.3, 0.4) is 0 Å². The summed E-state index contributed by atoms with van der Waals surface area (Å²) < 4.78 is 22.9. The smallest absolute Gasteiger partial charge is 0.332 e. The van der Waals surface area contributed by atoms with Gasteiger partial charge in [0.25, 0.3) is 5.56 Å². The molecule has 0 aliphatic heterocycles. The number of carbonyl (C=O) groups excluding carboxylic acids is 1. The highest BCUT2D eigenvalue weighted by molar-refractivity contribution is 5.91. The molecule has 0 fully saturated rings. The van der Waals surface area contributed by atoms with Gasteiger partial charge in [0, 0.05) is 12.2 Å². The minimum absolute atomic E-state index is 0.0840. The van der Waals surface area contributed by atoms with Crippen molar-refractivity contribution in [2.24, 2.45) is 0 Å². The van der Waals surface area contributed by atoms with Crippen LogP contribution in [0.2, 0.25) is 0 Å². The summed E-state index contributed by atoms with van der Waals surface area (Å²) in [5.74, 6) is -0.563. The zero-order valence-electron chi connectivity index (χ0n) is 17.9. The molecule has 3 aromatic heterocycles. The predicted octanol–water partition coefficient (Wildman–Crippen LogP) is 2.42. The average molecular weight is 439 g/mol. The van der Waals surface area contributed by atoms with E-state index in [1.165, 1.54) is 21.6 Å². The van der Waals surface area contributed by atoms with E-state index in [1.54, 1.807) is 38.1 Å². The van der Waals surface area contributed by atoms with Crippen LogP contribution in [-0.4, -0.2) is 24.8 Å². The highest BCUT2D eigenvalue weighted by atomic mass is 19.1. The Hall–Kier alpha value is -3.95. The van der Waals surface area contributed by atoms with E-state index < -0.39 is 23.0 Å². The third-order valence-electron chi connectivity index (χ3n) is 5.23. The lowest BCUT2D eigenvalue weighted by Crippen LogP contribution is -2.42. The first-order chi connectivity index (χ1) is 15.3. The van der Waals surface area contributed by atoms with Crippen molar-refractivity contribution >= 4 is 22.6 Å². The maximum atomic E-state index is 13.8. The number of aryl methyl sites for hydroxylation is 3. The molecule has 32 heavy (non-hydrogen) atoms. The third-order valence-corrected chi connectivity index (χ3v) is 5.23. The number of aromatic nitrogens is 4. The molecular weight excluding hydrogens is 417 g/mol. The van der Waals surface area contributed by atoms with Gasteiger partial charge in [-0.25, -0.2) is 9.18 Å². The van der Waals surface area contributed by atoms with E-state index in [0.717, 1.165) is 4.57 Å². The summed E-state index contributed by atoms with van der Waals surface area (Å²) >= 11 is 0. The fraction of sp³-hybridized carbons (Fsp3) is 0.273. The number of anilines is 1. The standard InChI is InChI=1S/C22H22FN5O4/c1-4-28-20-19(14(3)25-28)26(12-18(29)24-15-8-7-13(2)17(23)10-15)22(31)27(21(20)30)11-16-6-5-9-32-16/h5-10H,4,11-12H2,1-3H3,(H,24,29). The lowest BCUT2D eigenvalue weighted by molar-refractivity contribution is -0.116. The number of fused-ring (bicyclic) bond motifs is 1. The van der Waals surface area contributed by atoms with Crippen LogP contribution >= 0.6 is 0 Å². The first-order valence-corrected chi connectivity index (χ1v) is 10.1. The summed E-state index contributed by atoms with van der Waals surface area (Å²) in [7, 11) is 0. The Morgan fingerprint density at radius 2 is 1.94 bits per heavy atom. The van der Waals surface area contributed by atoms with Gasteiger partial charge in [-0.05, 0) is 50.6 Å². The van der Waals surface area contributed by atoms with Gasteiger partial charge in [-0.1, -0.05) is 6.07 Å². The van der Waals surface area contributed by atoms with Crippen molar-refractivity contribution in [1.82, 2.24) is 18.9 Å². The third kappa shape index (κ3) is 3.75. The molecule has 0 spiro atoms. The summed E-state index contributed by atoms with van der Waals surface area (Å²) in [6.45, 7) is 5.07.